The standard InChI is InChI=1S/C13H28O2/c1-7-8-15-10-13(9-14-6,11(2)3)12(4)5/h11-12H,7-10H2,1-6H3. The van der Waals surface area contributed by atoms with Crippen LogP contribution in [-0.2, 0) is 9.47 Å². The van der Waals surface area contributed by atoms with Gasteiger partial charge in [-0.3, -0.25) is 0 Å². The van der Waals surface area contributed by atoms with Crippen LogP contribution in [0, 0.1) is 17.3 Å². The second kappa shape index (κ2) is 7.24. The molecule has 2 nitrogen and oxygen atoms in total. The summed E-state index contributed by atoms with van der Waals surface area (Å²) in [6, 6.07) is 0. The smallest absolute Gasteiger partial charge is 0.0549 e. The minimum atomic E-state index is 0.157. The number of ether oxygens (including phenoxy) is 2. The van der Waals surface area contributed by atoms with E-state index in [2.05, 4.69) is 34.6 Å². The normalized spacial score (nSPS) is 12.8. The van der Waals surface area contributed by atoms with Crippen molar-refractivity contribution in [3.8, 4) is 0 Å². The molecule has 0 heterocycles. The summed E-state index contributed by atoms with van der Waals surface area (Å²) in [4.78, 5) is 0. The third-order valence-electron chi connectivity index (χ3n) is 3.43. The summed E-state index contributed by atoms with van der Waals surface area (Å²) in [6.45, 7) is 13.6. The van der Waals surface area contributed by atoms with E-state index in [1.54, 1.807) is 7.11 Å². The molecule has 0 fully saturated rings. The Bertz CT molecular complexity index is 145. The molecule has 0 spiro atoms. The van der Waals surface area contributed by atoms with Crippen LogP contribution in [0.4, 0.5) is 0 Å². The lowest BCUT2D eigenvalue weighted by atomic mass is 9.70. The zero-order valence-corrected chi connectivity index (χ0v) is 11.3. The van der Waals surface area contributed by atoms with E-state index in [9.17, 15) is 0 Å². The van der Waals surface area contributed by atoms with Crippen molar-refractivity contribution in [2.75, 3.05) is 26.9 Å². The molecule has 0 N–H and O–H groups in total. The second-order valence-corrected chi connectivity index (χ2v) is 5.03. The molecule has 0 rings (SSSR count). The van der Waals surface area contributed by atoms with Crippen LogP contribution in [0.1, 0.15) is 41.0 Å². The molecule has 0 radical (unpaired) electrons. The molecule has 0 aromatic heterocycles. The number of methoxy groups -OCH3 is 1. The number of hydrogen-bond acceptors (Lipinski definition) is 2. The van der Waals surface area contributed by atoms with Crippen LogP contribution in [0.5, 0.6) is 0 Å². The molecular weight excluding hydrogens is 188 g/mol. The van der Waals surface area contributed by atoms with Gasteiger partial charge in [0, 0.05) is 19.1 Å². The van der Waals surface area contributed by atoms with Crippen LogP contribution in [0.2, 0.25) is 0 Å². The van der Waals surface area contributed by atoms with Crippen molar-refractivity contribution in [1.82, 2.24) is 0 Å². The fourth-order valence-corrected chi connectivity index (χ4v) is 2.05. The lowest BCUT2D eigenvalue weighted by molar-refractivity contribution is -0.0639. The first-order valence-electron chi connectivity index (χ1n) is 6.08. The highest BCUT2D eigenvalue weighted by molar-refractivity contribution is 4.85. The molecule has 0 aromatic rings. The van der Waals surface area contributed by atoms with Crippen molar-refractivity contribution in [3.05, 3.63) is 0 Å². The molecule has 0 aliphatic heterocycles. The van der Waals surface area contributed by atoms with Gasteiger partial charge in [0.1, 0.15) is 0 Å². The lowest BCUT2D eigenvalue weighted by Gasteiger charge is -2.40. The largest absolute Gasteiger partial charge is 0.384 e. The zero-order valence-electron chi connectivity index (χ0n) is 11.3. The average Bonchev–Trinajstić information content (AvgIpc) is 2.15. The first-order chi connectivity index (χ1) is 7.01. The highest BCUT2D eigenvalue weighted by Gasteiger charge is 2.37. The van der Waals surface area contributed by atoms with E-state index in [0.717, 1.165) is 26.2 Å². The molecule has 0 atom stereocenters. The Morgan fingerprint density at radius 2 is 1.53 bits per heavy atom. The van der Waals surface area contributed by atoms with Gasteiger partial charge in [-0.1, -0.05) is 34.6 Å². The molecule has 0 aliphatic rings. The quantitative estimate of drug-likeness (QED) is 0.579. The summed E-state index contributed by atoms with van der Waals surface area (Å²) < 4.78 is 11.1. The second-order valence-electron chi connectivity index (χ2n) is 5.03. The van der Waals surface area contributed by atoms with Gasteiger partial charge in [-0.15, -0.1) is 0 Å². The van der Waals surface area contributed by atoms with Crippen molar-refractivity contribution in [2.24, 2.45) is 17.3 Å². The van der Waals surface area contributed by atoms with E-state index in [4.69, 9.17) is 9.47 Å². The Hall–Kier alpha value is -0.0800. The minimum absolute atomic E-state index is 0.157. The molecule has 0 aromatic carbocycles. The summed E-state index contributed by atoms with van der Waals surface area (Å²) >= 11 is 0. The maximum Gasteiger partial charge on any atom is 0.0549 e. The van der Waals surface area contributed by atoms with Crippen molar-refractivity contribution >= 4 is 0 Å². The van der Waals surface area contributed by atoms with Crippen LogP contribution < -0.4 is 0 Å². The van der Waals surface area contributed by atoms with E-state index in [-0.39, 0.29) is 5.41 Å². The Morgan fingerprint density at radius 3 is 1.87 bits per heavy atom. The molecular formula is C13H28O2. The van der Waals surface area contributed by atoms with E-state index in [1.807, 2.05) is 0 Å². The average molecular weight is 216 g/mol. The van der Waals surface area contributed by atoms with Gasteiger partial charge in [-0.2, -0.15) is 0 Å². The van der Waals surface area contributed by atoms with Crippen molar-refractivity contribution in [1.29, 1.82) is 0 Å². The van der Waals surface area contributed by atoms with Crippen LogP contribution in [0.15, 0.2) is 0 Å². The van der Waals surface area contributed by atoms with Gasteiger partial charge in [0.15, 0.2) is 0 Å². The van der Waals surface area contributed by atoms with Crippen molar-refractivity contribution < 1.29 is 9.47 Å². The first kappa shape index (κ1) is 14.9. The predicted molar refractivity (Wildman–Crippen MR) is 65.1 cm³/mol. The fourth-order valence-electron chi connectivity index (χ4n) is 2.05. The molecule has 0 unspecified atom stereocenters. The molecule has 15 heavy (non-hydrogen) atoms. The highest BCUT2D eigenvalue weighted by Crippen LogP contribution is 2.36. The Kier molecular flexibility index (Phi) is 7.20. The van der Waals surface area contributed by atoms with Gasteiger partial charge in [0.2, 0.25) is 0 Å². The number of hydrogen-bond donors (Lipinski definition) is 0. The zero-order chi connectivity index (χ0) is 11.9. The summed E-state index contributed by atoms with van der Waals surface area (Å²) in [5.74, 6) is 1.16. The number of rotatable bonds is 8. The van der Waals surface area contributed by atoms with E-state index >= 15 is 0 Å². The third-order valence-corrected chi connectivity index (χ3v) is 3.43. The van der Waals surface area contributed by atoms with Gasteiger partial charge < -0.3 is 9.47 Å². The summed E-state index contributed by atoms with van der Waals surface area (Å²) in [5.41, 5.74) is 0.157. The predicted octanol–water partition coefficient (Wildman–Crippen LogP) is 3.36. The fraction of sp³-hybridized carbons (Fsp3) is 1.00. The van der Waals surface area contributed by atoms with Crippen molar-refractivity contribution in [2.45, 2.75) is 41.0 Å². The Labute approximate surface area is 95.3 Å². The molecule has 2 heteroatoms. The van der Waals surface area contributed by atoms with Gasteiger partial charge in [0.25, 0.3) is 0 Å². The third kappa shape index (κ3) is 4.12. The molecule has 92 valence electrons. The van der Waals surface area contributed by atoms with Gasteiger partial charge in [0.05, 0.1) is 13.2 Å². The maximum absolute atomic E-state index is 5.74. The minimum Gasteiger partial charge on any atom is -0.384 e. The lowest BCUT2D eigenvalue weighted by Crippen LogP contribution is -2.42. The topological polar surface area (TPSA) is 18.5 Å². The van der Waals surface area contributed by atoms with Crippen LogP contribution in [-0.4, -0.2) is 26.9 Å². The van der Waals surface area contributed by atoms with Crippen LogP contribution in [0.25, 0.3) is 0 Å². The molecule has 0 amide bonds. The summed E-state index contributed by atoms with van der Waals surface area (Å²) in [7, 11) is 1.78. The Morgan fingerprint density at radius 1 is 1.00 bits per heavy atom. The summed E-state index contributed by atoms with van der Waals surface area (Å²) in [6.07, 6.45) is 1.08. The van der Waals surface area contributed by atoms with Crippen molar-refractivity contribution in [3.63, 3.8) is 0 Å². The van der Waals surface area contributed by atoms with E-state index < -0.39 is 0 Å². The van der Waals surface area contributed by atoms with E-state index in [1.165, 1.54) is 0 Å². The molecule has 0 saturated carbocycles. The monoisotopic (exact) mass is 216 g/mol. The molecule has 0 bridgehead atoms. The SMILES string of the molecule is CCCOCC(COC)(C(C)C)C(C)C. The molecule has 0 aliphatic carbocycles. The van der Waals surface area contributed by atoms with E-state index in [0.29, 0.717) is 11.8 Å². The van der Waals surface area contributed by atoms with Gasteiger partial charge >= 0.3 is 0 Å². The Balaban J connectivity index is 4.48. The maximum atomic E-state index is 5.74. The first-order valence-corrected chi connectivity index (χ1v) is 6.08. The van der Waals surface area contributed by atoms with Crippen LogP contribution >= 0.6 is 0 Å². The highest BCUT2D eigenvalue weighted by atomic mass is 16.5. The summed E-state index contributed by atoms with van der Waals surface area (Å²) in [5, 5.41) is 0. The van der Waals surface area contributed by atoms with Gasteiger partial charge in [-0.05, 0) is 18.3 Å². The van der Waals surface area contributed by atoms with Gasteiger partial charge in [-0.25, -0.2) is 0 Å². The van der Waals surface area contributed by atoms with Crippen LogP contribution in [0.3, 0.4) is 0 Å². The molecule has 0 saturated heterocycles.